The number of hydrogen-bond donors (Lipinski definition) is 1. The predicted octanol–water partition coefficient (Wildman–Crippen LogP) is 1.78. The monoisotopic (exact) mass is 229 g/mol. The minimum absolute atomic E-state index is 0.00593. The topological polar surface area (TPSA) is 60.2 Å². The number of sulfone groups is 1. The molecule has 0 amide bonds. The van der Waals surface area contributed by atoms with Gasteiger partial charge in [0.15, 0.2) is 9.84 Å². The Morgan fingerprint density at radius 3 is 2.40 bits per heavy atom. The van der Waals surface area contributed by atoms with Crippen molar-refractivity contribution in [1.82, 2.24) is 0 Å². The molecule has 3 nitrogen and oxygen atoms in total. The Hall–Kier alpha value is -0.870. The lowest BCUT2D eigenvalue weighted by atomic mass is 10.1. The van der Waals surface area contributed by atoms with E-state index >= 15 is 0 Å². The van der Waals surface area contributed by atoms with Crippen molar-refractivity contribution < 1.29 is 8.42 Å². The van der Waals surface area contributed by atoms with Crippen molar-refractivity contribution in [2.45, 2.75) is 26.8 Å². The van der Waals surface area contributed by atoms with Gasteiger partial charge >= 0.3 is 0 Å². The van der Waals surface area contributed by atoms with Crippen LogP contribution in [-0.4, -0.2) is 20.2 Å². The van der Waals surface area contributed by atoms with E-state index in [1.807, 2.05) is 20.8 Å². The maximum atomic E-state index is 11.4. The van der Waals surface area contributed by atoms with Crippen molar-refractivity contribution in [3.8, 4) is 0 Å². The lowest BCUT2D eigenvalue weighted by Gasteiger charge is -2.00. The van der Waals surface area contributed by atoms with Gasteiger partial charge in [-0.1, -0.05) is 38.7 Å². The lowest BCUT2D eigenvalue weighted by Crippen LogP contribution is -2.24. The number of rotatable bonds is 2. The maximum absolute atomic E-state index is 11.4. The summed E-state index contributed by atoms with van der Waals surface area (Å²) < 4.78 is 22.9. The summed E-state index contributed by atoms with van der Waals surface area (Å²) in [6.45, 7) is 9.30. The quantitative estimate of drug-likeness (QED) is 0.785. The van der Waals surface area contributed by atoms with Crippen molar-refractivity contribution in [3.63, 3.8) is 0 Å². The van der Waals surface area contributed by atoms with E-state index in [2.05, 4.69) is 6.58 Å². The summed E-state index contributed by atoms with van der Waals surface area (Å²) in [5.74, 6) is -0.00593. The highest BCUT2D eigenvalue weighted by Gasteiger charge is 2.31. The van der Waals surface area contributed by atoms with Crippen molar-refractivity contribution in [2.24, 2.45) is 5.73 Å². The zero-order valence-electron chi connectivity index (χ0n) is 9.53. The first-order valence-corrected chi connectivity index (χ1v) is 6.65. The number of hydrogen-bond acceptors (Lipinski definition) is 3. The van der Waals surface area contributed by atoms with Gasteiger partial charge in [-0.15, -0.1) is 0 Å². The highest BCUT2D eigenvalue weighted by Crippen LogP contribution is 2.26. The Bertz CT molecular complexity index is 377. The Kier molecular flexibility index (Phi) is 5.54. The summed E-state index contributed by atoms with van der Waals surface area (Å²) in [6.07, 6.45) is 4.86. The molecule has 1 heterocycles. The third-order valence-electron chi connectivity index (χ3n) is 1.95. The van der Waals surface area contributed by atoms with E-state index in [0.717, 1.165) is 0 Å². The van der Waals surface area contributed by atoms with Crippen molar-refractivity contribution in [1.29, 1.82) is 0 Å². The molecule has 2 N–H and O–H groups in total. The Morgan fingerprint density at radius 1 is 1.47 bits per heavy atom. The summed E-state index contributed by atoms with van der Waals surface area (Å²) in [4.78, 5) is 0.276. The summed E-state index contributed by atoms with van der Waals surface area (Å²) in [7, 11) is -3.17. The summed E-state index contributed by atoms with van der Waals surface area (Å²) in [6, 6.07) is -0.408. The number of allylic oxidation sites excluding steroid dienone is 2. The van der Waals surface area contributed by atoms with Crippen LogP contribution in [0.1, 0.15) is 20.8 Å². The first kappa shape index (κ1) is 14.1. The van der Waals surface area contributed by atoms with E-state index in [4.69, 9.17) is 5.73 Å². The molecule has 0 radical (unpaired) electrons. The van der Waals surface area contributed by atoms with Gasteiger partial charge in [0, 0.05) is 6.04 Å². The molecule has 0 bridgehead atoms. The van der Waals surface area contributed by atoms with E-state index in [1.165, 1.54) is 6.08 Å². The standard InChI is InChI=1S/C9H13NO2S.C2H6/c1-3-5-7-8(10)6-13(11,12)9(7)4-2;1-2/h3-5,8H,2,6,10H2,1H3;1-2H3/b5-3-;. The Balaban J connectivity index is 0.000000921. The number of nitrogens with two attached hydrogens (primary N) is 1. The minimum atomic E-state index is -3.17. The van der Waals surface area contributed by atoms with Crippen LogP contribution in [0.15, 0.2) is 35.3 Å². The molecule has 0 fully saturated rings. The summed E-state index contributed by atoms with van der Waals surface area (Å²) in [5, 5.41) is 0. The Morgan fingerprint density at radius 2 is 2.00 bits per heavy atom. The second-order valence-electron chi connectivity index (χ2n) is 2.91. The highest BCUT2D eigenvalue weighted by molar-refractivity contribution is 7.95. The normalized spacial score (nSPS) is 23.9. The molecule has 15 heavy (non-hydrogen) atoms. The van der Waals surface area contributed by atoms with Gasteiger partial charge in [0.1, 0.15) is 0 Å². The highest BCUT2D eigenvalue weighted by atomic mass is 32.2. The molecule has 4 heteroatoms. The Labute approximate surface area is 92.3 Å². The van der Waals surface area contributed by atoms with Gasteiger partial charge < -0.3 is 5.73 Å². The second-order valence-corrected chi connectivity index (χ2v) is 4.91. The third-order valence-corrected chi connectivity index (χ3v) is 3.82. The largest absolute Gasteiger partial charge is 0.323 e. The maximum Gasteiger partial charge on any atom is 0.180 e. The SMILES string of the molecule is C=CC1=C(/C=C\C)C(N)CS1(=O)=O.CC. The summed E-state index contributed by atoms with van der Waals surface area (Å²) in [5.41, 5.74) is 6.33. The van der Waals surface area contributed by atoms with Gasteiger partial charge in [-0.3, -0.25) is 0 Å². The zero-order chi connectivity index (χ0) is 12.1. The fraction of sp³-hybridized carbons (Fsp3) is 0.455. The van der Waals surface area contributed by atoms with E-state index in [9.17, 15) is 8.42 Å². The van der Waals surface area contributed by atoms with Crippen molar-refractivity contribution in [3.05, 3.63) is 35.3 Å². The van der Waals surface area contributed by atoms with E-state index in [0.29, 0.717) is 5.57 Å². The molecule has 0 aromatic carbocycles. The van der Waals surface area contributed by atoms with Crippen LogP contribution in [0.4, 0.5) is 0 Å². The van der Waals surface area contributed by atoms with Crippen LogP contribution >= 0.6 is 0 Å². The first-order chi connectivity index (χ1) is 7.03. The van der Waals surface area contributed by atoms with E-state index in [1.54, 1.807) is 12.2 Å². The van der Waals surface area contributed by atoms with Gasteiger partial charge in [0.25, 0.3) is 0 Å². The molecule has 1 aliphatic rings. The smallest absolute Gasteiger partial charge is 0.180 e. The van der Waals surface area contributed by atoms with Gasteiger partial charge in [-0.05, 0) is 12.5 Å². The van der Waals surface area contributed by atoms with Gasteiger partial charge in [0.2, 0.25) is 0 Å². The molecule has 1 rings (SSSR count). The predicted molar refractivity (Wildman–Crippen MR) is 65.1 cm³/mol. The molecule has 1 aliphatic heterocycles. The molecular weight excluding hydrogens is 210 g/mol. The molecule has 0 spiro atoms. The van der Waals surface area contributed by atoms with Gasteiger partial charge in [-0.2, -0.15) is 0 Å². The fourth-order valence-corrected chi connectivity index (χ4v) is 3.07. The van der Waals surface area contributed by atoms with Gasteiger partial charge in [-0.25, -0.2) is 8.42 Å². The minimum Gasteiger partial charge on any atom is -0.323 e. The molecule has 0 saturated heterocycles. The summed E-state index contributed by atoms with van der Waals surface area (Å²) >= 11 is 0. The molecule has 86 valence electrons. The first-order valence-electron chi connectivity index (χ1n) is 5.00. The molecule has 1 atom stereocenters. The van der Waals surface area contributed by atoms with E-state index < -0.39 is 15.9 Å². The molecular formula is C11H19NO2S. The second kappa shape index (κ2) is 5.88. The van der Waals surface area contributed by atoms with Crippen molar-refractivity contribution >= 4 is 9.84 Å². The fourth-order valence-electron chi connectivity index (χ4n) is 1.41. The lowest BCUT2D eigenvalue weighted by molar-refractivity contribution is 0.603. The molecule has 1 unspecified atom stereocenters. The molecule has 0 aliphatic carbocycles. The van der Waals surface area contributed by atoms with Gasteiger partial charge in [0.05, 0.1) is 10.7 Å². The van der Waals surface area contributed by atoms with Crippen LogP contribution in [-0.2, 0) is 9.84 Å². The van der Waals surface area contributed by atoms with Crippen LogP contribution in [0, 0.1) is 0 Å². The molecule has 0 aromatic heterocycles. The zero-order valence-corrected chi connectivity index (χ0v) is 10.3. The average Bonchev–Trinajstić information content (AvgIpc) is 2.40. The van der Waals surface area contributed by atoms with E-state index in [-0.39, 0.29) is 10.7 Å². The van der Waals surface area contributed by atoms with Crippen LogP contribution < -0.4 is 5.73 Å². The van der Waals surface area contributed by atoms with Crippen LogP contribution in [0.3, 0.4) is 0 Å². The van der Waals surface area contributed by atoms with Crippen molar-refractivity contribution in [2.75, 3.05) is 5.75 Å². The van der Waals surface area contributed by atoms with Crippen LogP contribution in [0.2, 0.25) is 0 Å². The third kappa shape index (κ3) is 3.04. The van der Waals surface area contributed by atoms with Crippen LogP contribution in [0.25, 0.3) is 0 Å². The molecule has 0 saturated carbocycles. The average molecular weight is 229 g/mol. The van der Waals surface area contributed by atoms with Crippen LogP contribution in [0.5, 0.6) is 0 Å². The molecule has 0 aromatic rings.